The van der Waals surface area contributed by atoms with Crippen molar-refractivity contribution < 1.29 is 9.32 Å². The van der Waals surface area contributed by atoms with Crippen LogP contribution in [0.15, 0.2) is 28.9 Å². The van der Waals surface area contributed by atoms with Gasteiger partial charge in [0.1, 0.15) is 0 Å². The first kappa shape index (κ1) is 6.84. The number of primary amides is 1. The first-order valence-corrected chi connectivity index (χ1v) is 3.41. The molecule has 2 aromatic rings. The highest BCUT2D eigenvalue weighted by molar-refractivity contribution is 5.96. The molecule has 0 saturated carbocycles. The Morgan fingerprint density at radius 1 is 1.50 bits per heavy atom. The highest BCUT2D eigenvalue weighted by atomic mass is 16.5. The molecule has 1 aromatic heterocycles. The zero-order valence-electron chi connectivity index (χ0n) is 6.15. The lowest BCUT2D eigenvalue weighted by molar-refractivity contribution is 0.100. The third kappa shape index (κ3) is 0.934. The van der Waals surface area contributed by atoms with Gasteiger partial charge in [0, 0.05) is 10.9 Å². The number of hydrogen-bond donors (Lipinski definition) is 1. The summed E-state index contributed by atoms with van der Waals surface area (Å²) >= 11 is 0. The van der Waals surface area contributed by atoms with Gasteiger partial charge < -0.3 is 10.3 Å². The van der Waals surface area contributed by atoms with E-state index in [0.29, 0.717) is 11.1 Å². The molecule has 1 aromatic carbocycles. The molecular formula is C8H6N2O2. The molecule has 0 atom stereocenters. The van der Waals surface area contributed by atoms with Crippen LogP contribution < -0.4 is 5.73 Å². The normalized spacial score (nSPS) is 10.3. The van der Waals surface area contributed by atoms with Gasteiger partial charge in [-0.1, -0.05) is 5.16 Å². The molecule has 0 bridgehead atoms. The number of fused-ring (bicyclic) bond motifs is 1. The second-order valence-corrected chi connectivity index (χ2v) is 2.44. The molecule has 60 valence electrons. The van der Waals surface area contributed by atoms with E-state index in [-0.39, 0.29) is 0 Å². The van der Waals surface area contributed by atoms with E-state index >= 15 is 0 Å². The van der Waals surface area contributed by atoms with Gasteiger partial charge >= 0.3 is 0 Å². The van der Waals surface area contributed by atoms with E-state index in [0.717, 1.165) is 5.39 Å². The van der Waals surface area contributed by atoms with Gasteiger partial charge in [-0.25, -0.2) is 0 Å². The maximum atomic E-state index is 10.7. The van der Waals surface area contributed by atoms with Crippen LogP contribution in [0.5, 0.6) is 0 Å². The summed E-state index contributed by atoms with van der Waals surface area (Å²) in [6.45, 7) is 0. The van der Waals surface area contributed by atoms with Crippen molar-refractivity contribution >= 4 is 16.9 Å². The lowest BCUT2D eigenvalue weighted by Crippen LogP contribution is -2.10. The highest BCUT2D eigenvalue weighted by Crippen LogP contribution is 2.14. The van der Waals surface area contributed by atoms with Crippen molar-refractivity contribution in [1.82, 2.24) is 5.16 Å². The SMILES string of the molecule is NC(=O)c1ccc2oncc2c1. The van der Waals surface area contributed by atoms with Crippen molar-refractivity contribution in [1.29, 1.82) is 0 Å². The predicted molar refractivity (Wildman–Crippen MR) is 42.5 cm³/mol. The number of rotatable bonds is 1. The molecule has 0 radical (unpaired) electrons. The number of benzene rings is 1. The van der Waals surface area contributed by atoms with Gasteiger partial charge in [0.2, 0.25) is 5.91 Å². The lowest BCUT2D eigenvalue weighted by Gasteiger charge is -1.92. The minimum atomic E-state index is -0.446. The Morgan fingerprint density at radius 3 is 3.08 bits per heavy atom. The van der Waals surface area contributed by atoms with E-state index < -0.39 is 5.91 Å². The van der Waals surface area contributed by atoms with Gasteiger partial charge in [0.15, 0.2) is 5.58 Å². The fourth-order valence-corrected chi connectivity index (χ4v) is 1.03. The van der Waals surface area contributed by atoms with E-state index in [4.69, 9.17) is 10.3 Å². The molecule has 1 heterocycles. The first-order valence-electron chi connectivity index (χ1n) is 3.41. The molecule has 12 heavy (non-hydrogen) atoms. The number of nitrogens with zero attached hydrogens (tertiary/aromatic N) is 1. The second-order valence-electron chi connectivity index (χ2n) is 2.44. The van der Waals surface area contributed by atoms with E-state index in [2.05, 4.69) is 5.16 Å². The zero-order valence-corrected chi connectivity index (χ0v) is 6.15. The quantitative estimate of drug-likeness (QED) is 0.678. The summed E-state index contributed by atoms with van der Waals surface area (Å²) in [6, 6.07) is 4.92. The zero-order chi connectivity index (χ0) is 8.55. The van der Waals surface area contributed by atoms with Crippen LogP contribution in [0.1, 0.15) is 10.4 Å². The maximum absolute atomic E-state index is 10.7. The summed E-state index contributed by atoms with van der Waals surface area (Å²) in [6.07, 6.45) is 1.54. The molecule has 4 nitrogen and oxygen atoms in total. The summed E-state index contributed by atoms with van der Waals surface area (Å²) < 4.78 is 4.85. The molecule has 4 heteroatoms. The fraction of sp³-hybridized carbons (Fsp3) is 0. The van der Waals surface area contributed by atoms with Crippen LogP contribution in [-0.2, 0) is 0 Å². The molecule has 0 unspecified atom stereocenters. The molecule has 0 aliphatic carbocycles. The predicted octanol–water partition coefficient (Wildman–Crippen LogP) is 0.927. The first-order chi connectivity index (χ1) is 5.77. The summed E-state index contributed by atoms with van der Waals surface area (Å²) in [5.74, 6) is -0.446. The van der Waals surface area contributed by atoms with E-state index in [1.54, 1.807) is 24.4 Å². The van der Waals surface area contributed by atoms with Crippen molar-refractivity contribution in [3.63, 3.8) is 0 Å². The van der Waals surface area contributed by atoms with E-state index in [9.17, 15) is 4.79 Å². The Labute approximate surface area is 67.9 Å². The highest BCUT2D eigenvalue weighted by Gasteiger charge is 2.03. The number of carbonyl (C=O) groups excluding carboxylic acids is 1. The number of nitrogens with two attached hydrogens (primary N) is 1. The van der Waals surface area contributed by atoms with Crippen LogP contribution in [0, 0.1) is 0 Å². The number of aromatic nitrogens is 1. The van der Waals surface area contributed by atoms with Crippen molar-refractivity contribution in [3.05, 3.63) is 30.0 Å². The Bertz CT molecular complexity index is 433. The van der Waals surface area contributed by atoms with Gasteiger partial charge in [-0.15, -0.1) is 0 Å². The average molecular weight is 162 g/mol. The molecule has 0 saturated heterocycles. The lowest BCUT2D eigenvalue weighted by atomic mass is 10.1. The van der Waals surface area contributed by atoms with Crippen LogP contribution in [0.25, 0.3) is 11.0 Å². The van der Waals surface area contributed by atoms with Crippen molar-refractivity contribution in [2.75, 3.05) is 0 Å². The molecule has 0 spiro atoms. The summed E-state index contributed by atoms with van der Waals surface area (Å²) in [4.78, 5) is 10.7. The summed E-state index contributed by atoms with van der Waals surface area (Å²) in [7, 11) is 0. The molecule has 0 aliphatic heterocycles. The Kier molecular flexibility index (Phi) is 1.33. The van der Waals surface area contributed by atoms with E-state index in [1.807, 2.05) is 0 Å². The summed E-state index contributed by atoms with van der Waals surface area (Å²) in [5.41, 5.74) is 6.20. The van der Waals surface area contributed by atoms with E-state index in [1.165, 1.54) is 0 Å². The number of carbonyl (C=O) groups is 1. The maximum Gasteiger partial charge on any atom is 0.248 e. The van der Waals surface area contributed by atoms with Crippen molar-refractivity contribution in [2.24, 2.45) is 5.73 Å². The van der Waals surface area contributed by atoms with Crippen molar-refractivity contribution in [2.45, 2.75) is 0 Å². The topological polar surface area (TPSA) is 69.1 Å². The van der Waals surface area contributed by atoms with Gasteiger partial charge in [-0.05, 0) is 18.2 Å². The number of hydrogen-bond acceptors (Lipinski definition) is 3. The van der Waals surface area contributed by atoms with Crippen molar-refractivity contribution in [3.8, 4) is 0 Å². The third-order valence-electron chi connectivity index (χ3n) is 1.64. The molecule has 0 fully saturated rings. The molecule has 0 aliphatic rings. The number of amides is 1. The van der Waals surface area contributed by atoms with Gasteiger partial charge in [0.25, 0.3) is 0 Å². The van der Waals surface area contributed by atoms with Gasteiger partial charge in [-0.3, -0.25) is 4.79 Å². The smallest absolute Gasteiger partial charge is 0.248 e. The van der Waals surface area contributed by atoms with Crippen LogP contribution in [0.2, 0.25) is 0 Å². The molecule has 1 amide bonds. The molecular weight excluding hydrogens is 156 g/mol. The molecule has 2 N–H and O–H groups in total. The Hall–Kier alpha value is -1.84. The Balaban J connectivity index is 2.68. The largest absolute Gasteiger partial charge is 0.366 e. The summed E-state index contributed by atoms with van der Waals surface area (Å²) in [5, 5.41) is 4.36. The fourth-order valence-electron chi connectivity index (χ4n) is 1.03. The van der Waals surface area contributed by atoms with Gasteiger partial charge in [0.05, 0.1) is 6.20 Å². The monoisotopic (exact) mass is 162 g/mol. The average Bonchev–Trinajstić information content (AvgIpc) is 2.49. The second kappa shape index (κ2) is 2.34. The minimum absolute atomic E-state index is 0.446. The van der Waals surface area contributed by atoms with Crippen LogP contribution >= 0.6 is 0 Å². The van der Waals surface area contributed by atoms with Crippen LogP contribution in [0.3, 0.4) is 0 Å². The third-order valence-corrected chi connectivity index (χ3v) is 1.64. The van der Waals surface area contributed by atoms with Gasteiger partial charge in [-0.2, -0.15) is 0 Å². The molecule has 2 rings (SSSR count). The van der Waals surface area contributed by atoms with Crippen LogP contribution in [0.4, 0.5) is 0 Å². The standard InChI is InChI=1S/C8H6N2O2/c9-8(11)5-1-2-7-6(3-5)4-10-12-7/h1-4H,(H2,9,11). The Morgan fingerprint density at radius 2 is 2.33 bits per heavy atom. The minimum Gasteiger partial charge on any atom is -0.366 e. The van der Waals surface area contributed by atoms with Crippen LogP contribution in [-0.4, -0.2) is 11.1 Å².